The lowest BCUT2D eigenvalue weighted by Crippen LogP contribution is -2.36. The van der Waals surface area contributed by atoms with Gasteiger partial charge in [0.05, 0.1) is 19.7 Å². The number of carboxylic acid groups (broad SMARTS) is 1. The summed E-state index contributed by atoms with van der Waals surface area (Å²) in [6.45, 7) is 2.83. The first-order chi connectivity index (χ1) is 8.81. The van der Waals surface area contributed by atoms with Crippen molar-refractivity contribution in [2.75, 3.05) is 46.9 Å². The van der Waals surface area contributed by atoms with Gasteiger partial charge in [-0.3, -0.25) is 24.2 Å². The minimum atomic E-state index is -0.873. The lowest BCUT2D eigenvalue weighted by molar-refractivity contribution is -0.142. The molecular weight excluding hydrogens is 252 g/mol. The molecule has 0 heterocycles. The van der Waals surface area contributed by atoms with E-state index in [1.165, 1.54) is 6.92 Å². The third-order valence-corrected chi connectivity index (χ3v) is 2.40. The zero-order chi connectivity index (χ0) is 14.8. The predicted octanol–water partition coefficient (Wildman–Crippen LogP) is -0.543. The first-order valence-electron chi connectivity index (χ1n) is 6.05. The smallest absolute Gasteiger partial charge is 0.317 e. The van der Waals surface area contributed by atoms with Gasteiger partial charge in [0.25, 0.3) is 0 Å². The molecule has 0 rings (SSSR count). The van der Waals surface area contributed by atoms with E-state index in [9.17, 15) is 14.4 Å². The average Bonchev–Trinajstić information content (AvgIpc) is 2.24. The molecule has 0 aromatic carbocycles. The van der Waals surface area contributed by atoms with Crippen LogP contribution < -0.4 is 0 Å². The summed E-state index contributed by atoms with van der Waals surface area (Å²) in [7, 11) is 3.50. The molecule has 0 aromatic heterocycles. The first-order valence-corrected chi connectivity index (χ1v) is 6.05. The van der Waals surface area contributed by atoms with Crippen molar-refractivity contribution in [1.82, 2.24) is 9.80 Å². The minimum Gasteiger partial charge on any atom is -0.480 e. The number of carboxylic acids is 1. The second-order valence-electron chi connectivity index (χ2n) is 4.50. The van der Waals surface area contributed by atoms with Gasteiger partial charge < -0.3 is 9.84 Å². The first kappa shape index (κ1) is 17.5. The van der Waals surface area contributed by atoms with Crippen LogP contribution in [0.3, 0.4) is 0 Å². The van der Waals surface area contributed by atoms with Crippen LogP contribution in [0.15, 0.2) is 0 Å². The van der Waals surface area contributed by atoms with E-state index in [1.54, 1.807) is 19.0 Å². The van der Waals surface area contributed by atoms with Crippen LogP contribution >= 0.6 is 0 Å². The number of ketones is 1. The molecule has 0 saturated heterocycles. The molecule has 110 valence electrons. The number of esters is 1. The summed E-state index contributed by atoms with van der Waals surface area (Å²) < 4.78 is 4.68. The van der Waals surface area contributed by atoms with Gasteiger partial charge in [0.15, 0.2) is 0 Å². The molecule has 0 unspecified atom stereocenters. The van der Waals surface area contributed by atoms with Gasteiger partial charge in [-0.2, -0.15) is 0 Å². The Morgan fingerprint density at radius 3 is 2.05 bits per heavy atom. The highest BCUT2D eigenvalue weighted by Gasteiger charge is 2.09. The largest absolute Gasteiger partial charge is 0.480 e. The summed E-state index contributed by atoms with van der Waals surface area (Å²) in [6.07, 6.45) is 0.203. The molecular formula is C12H22N2O5. The molecule has 0 atom stereocenters. The summed E-state index contributed by atoms with van der Waals surface area (Å²) in [6, 6.07) is 0. The monoisotopic (exact) mass is 274 g/mol. The van der Waals surface area contributed by atoms with Crippen LogP contribution in [0.4, 0.5) is 0 Å². The third kappa shape index (κ3) is 11.4. The van der Waals surface area contributed by atoms with Crippen molar-refractivity contribution in [1.29, 1.82) is 0 Å². The normalized spacial score (nSPS) is 10.8. The third-order valence-electron chi connectivity index (χ3n) is 2.40. The number of nitrogens with zero attached hydrogens (tertiary/aromatic N) is 2. The van der Waals surface area contributed by atoms with Crippen molar-refractivity contribution in [2.45, 2.75) is 13.3 Å². The second-order valence-corrected chi connectivity index (χ2v) is 4.50. The molecule has 19 heavy (non-hydrogen) atoms. The number of hydrogen-bond acceptors (Lipinski definition) is 6. The molecule has 0 fully saturated rings. The Morgan fingerprint density at radius 2 is 1.58 bits per heavy atom. The number of likely N-dealkylation sites (N-methyl/N-ethyl adjacent to an activating group) is 2. The number of hydrogen-bond donors (Lipinski definition) is 1. The maximum atomic E-state index is 11.5. The fourth-order valence-electron chi connectivity index (χ4n) is 1.42. The predicted molar refractivity (Wildman–Crippen MR) is 68.9 cm³/mol. The number of rotatable bonds is 10. The Kier molecular flexibility index (Phi) is 8.73. The maximum Gasteiger partial charge on any atom is 0.317 e. The molecule has 0 aromatic rings. The topological polar surface area (TPSA) is 87.2 Å². The van der Waals surface area contributed by atoms with Crippen LogP contribution in [0, 0.1) is 0 Å². The Bertz CT molecular complexity index is 319. The van der Waals surface area contributed by atoms with E-state index >= 15 is 0 Å². The van der Waals surface area contributed by atoms with Gasteiger partial charge in [0.1, 0.15) is 5.78 Å². The van der Waals surface area contributed by atoms with E-state index in [-0.39, 0.29) is 31.9 Å². The van der Waals surface area contributed by atoms with E-state index < -0.39 is 11.9 Å². The standard InChI is InChI=1S/C12H22N2O5/c1-10(15)19-7-4-11(16)8-13(2)5-6-14(3)9-12(17)18/h4-9H2,1-3H3,(H,17,18). The lowest BCUT2D eigenvalue weighted by Gasteiger charge is -2.20. The van der Waals surface area contributed by atoms with Crippen LogP contribution in [0.1, 0.15) is 13.3 Å². The van der Waals surface area contributed by atoms with Gasteiger partial charge in [-0.05, 0) is 14.1 Å². The zero-order valence-corrected chi connectivity index (χ0v) is 11.7. The van der Waals surface area contributed by atoms with Gasteiger partial charge in [-0.15, -0.1) is 0 Å². The van der Waals surface area contributed by atoms with Crippen molar-refractivity contribution < 1.29 is 24.2 Å². The number of carbonyl (C=O) groups excluding carboxylic acids is 2. The molecule has 0 bridgehead atoms. The molecule has 0 saturated carbocycles. The fraction of sp³-hybridized carbons (Fsp3) is 0.750. The average molecular weight is 274 g/mol. The molecule has 1 N–H and O–H groups in total. The molecule has 0 radical (unpaired) electrons. The van der Waals surface area contributed by atoms with Gasteiger partial charge in [-0.25, -0.2) is 0 Å². The number of carbonyl (C=O) groups is 3. The number of Topliss-reactive ketones (excluding diaryl/α,β-unsaturated/α-hetero) is 1. The van der Waals surface area contributed by atoms with Crippen molar-refractivity contribution >= 4 is 17.7 Å². The highest BCUT2D eigenvalue weighted by atomic mass is 16.5. The van der Waals surface area contributed by atoms with Gasteiger partial charge in [0.2, 0.25) is 0 Å². The Labute approximate surface area is 113 Å². The molecule has 0 amide bonds. The molecule has 0 aliphatic heterocycles. The molecule has 0 aliphatic carbocycles. The lowest BCUT2D eigenvalue weighted by atomic mass is 10.3. The molecule has 0 spiro atoms. The van der Waals surface area contributed by atoms with Crippen molar-refractivity contribution in [3.05, 3.63) is 0 Å². The van der Waals surface area contributed by atoms with E-state index in [4.69, 9.17) is 5.11 Å². The van der Waals surface area contributed by atoms with Gasteiger partial charge in [0, 0.05) is 26.4 Å². The van der Waals surface area contributed by atoms with E-state index in [0.29, 0.717) is 13.1 Å². The van der Waals surface area contributed by atoms with Crippen molar-refractivity contribution in [3.63, 3.8) is 0 Å². The van der Waals surface area contributed by atoms with Crippen LogP contribution in [0.5, 0.6) is 0 Å². The Hall–Kier alpha value is -1.47. The zero-order valence-electron chi connectivity index (χ0n) is 11.7. The van der Waals surface area contributed by atoms with Gasteiger partial charge >= 0.3 is 11.9 Å². The van der Waals surface area contributed by atoms with Gasteiger partial charge in [-0.1, -0.05) is 0 Å². The molecule has 7 nitrogen and oxygen atoms in total. The molecule has 7 heteroatoms. The van der Waals surface area contributed by atoms with Crippen molar-refractivity contribution in [3.8, 4) is 0 Å². The van der Waals surface area contributed by atoms with E-state index in [1.807, 2.05) is 4.90 Å². The van der Waals surface area contributed by atoms with E-state index in [2.05, 4.69) is 4.74 Å². The molecule has 0 aliphatic rings. The fourth-order valence-corrected chi connectivity index (χ4v) is 1.42. The van der Waals surface area contributed by atoms with Crippen molar-refractivity contribution in [2.24, 2.45) is 0 Å². The Balaban J connectivity index is 3.72. The highest BCUT2D eigenvalue weighted by Crippen LogP contribution is 1.92. The number of ether oxygens (including phenoxy) is 1. The summed E-state index contributed by atoms with van der Waals surface area (Å²) in [5, 5.41) is 8.59. The second kappa shape index (κ2) is 9.46. The quantitative estimate of drug-likeness (QED) is 0.535. The maximum absolute atomic E-state index is 11.5. The van der Waals surface area contributed by atoms with Crippen LogP contribution in [0.25, 0.3) is 0 Å². The summed E-state index contributed by atoms with van der Waals surface area (Å²) in [4.78, 5) is 36.0. The van der Waals surface area contributed by atoms with E-state index in [0.717, 1.165) is 0 Å². The van der Waals surface area contributed by atoms with Crippen LogP contribution in [-0.4, -0.2) is 79.5 Å². The minimum absolute atomic E-state index is 0.00959. The highest BCUT2D eigenvalue weighted by molar-refractivity contribution is 5.80. The summed E-state index contributed by atoms with van der Waals surface area (Å²) >= 11 is 0. The summed E-state index contributed by atoms with van der Waals surface area (Å²) in [5.74, 6) is -1.27. The SMILES string of the molecule is CC(=O)OCCC(=O)CN(C)CCN(C)CC(=O)O. The van der Waals surface area contributed by atoms with Crippen LogP contribution in [-0.2, 0) is 19.1 Å². The number of aliphatic carboxylic acids is 1. The Morgan fingerprint density at radius 1 is 1.05 bits per heavy atom. The van der Waals surface area contributed by atoms with Crippen LogP contribution in [0.2, 0.25) is 0 Å². The summed E-state index contributed by atoms with van der Waals surface area (Å²) in [5.41, 5.74) is 0.